The van der Waals surface area contributed by atoms with E-state index in [9.17, 15) is 0 Å². The molecule has 0 aromatic carbocycles. The molecule has 6 heteroatoms. The summed E-state index contributed by atoms with van der Waals surface area (Å²) in [6.07, 6.45) is 9.04. The first-order chi connectivity index (χ1) is 11.6. The molecule has 0 saturated carbocycles. The van der Waals surface area contributed by atoms with Gasteiger partial charge in [-0.3, -0.25) is 0 Å². The fraction of sp³-hybridized carbons (Fsp3) is 0.368. The minimum atomic E-state index is 0. The van der Waals surface area contributed by atoms with Crippen LogP contribution >= 0.6 is 0 Å². The summed E-state index contributed by atoms with van der Waals surface area (Å²) in [6, 6.07) is 5.93. The van der Waals surface area contributed by atoms with E-state index in [-0.39, 0.29) is 7.43 Å². The smallest absolute Gasteiger partial charge is 0.156 e. The lowest BCUT2D eigenvalue weighted by Crippen LogP contribution is -2.00. The first-order valence-corrected chi connectivity index (χ1v) is 8.15. The monoisotopic (exact) mass is 338 g/mol. The molecule has 0 aliphatic carbocycles. The Labute approximate surface area is 148 Å². The van der Waals surface area contributed by atoms with E-state index in [0.29, 0.717) is 11.8 Å². The van der Waals surface area contributed by atoms with Crippen LogP contribution < -0.4 is 0 Å². The van der Waals surface area contributed by atoms with Crippen molar-refractivity contribution in [3.05, 3.63) is 60.4 Å². The van der Waals surface area contributed by atoms with E-state index in [1.807, 2.05) is 41.3 Å². The Morgan fingerprint density at radius 2 is 1.56 bits per heavy atom. The highest BCUT2D eigenvalue weighted by atomic mass is 15.2. The zero-order chi connectivity index (χ0) is 17.1. The zero-order valence-electron chi connectivity index (χ0n) is 14.5. The van der Waals surface area contributed by atoms with Crippen LogP contribution in [0.2, 0.25) is 0 Å². The van der Waals surface area contributed by atoms with E-state index in [2.05, 4.69) is 47.9 Å². The van der Waals surface area contributed by atoms with Gasteiger partial charge >= 0.3 is 0 Å². The van der Waals surface area contributed by atoms with Gasteiger partial charge in [-0.05, 0) is 24.0 Å². The Kier molecular flexibility index (Phi) is 5.85. The molecule has 0 aliphatic heterocycles. The normalized spacial score (nSPS) is 10.8. The topological polar surface area (TPSA) is 60.4 Å². The Bertz CT molecular complexity index is 857. The van der Waals surface area contributed by atoms with Gasteiger partial charge in [0, 0.05) is 42.1 Å². The van der Waals surface area contributed by atoms with Crippen molar-refractivity contribution in [2.24, 2.45) is 0 Å². The van der Waals surface area contributed by atoms with Gasteiger partial charge < -0.3 is 0 Å². The van der Waals surface area contributed by atoms with Crippen LogP contribution in [0, 0.1) is 0 Å². The van der Waals surface area contributed by atoms with Crippen LogP contribution in [0.4, 0.5) is 0 Å². The molecule has 0 radical (unpaired) electrons. The largest absolute Gasteiger partial charge is 0.237 e. The van der Waals surface area contributed by atoms with Crippen molar-refractivity contribution in [3.63, 3.8) is 0 Å². The molecule has 0 spiro atoms. The van der Waals surface area contributed by atoms with Gasteiger partial charge in [-0.2, -0.15) is 10.2 Å². The van der Waals surface area contributed by atoms with Crippen LogP contribution in [0.1, 0.15) is 58.2 Å². The Hall–Kier alpha value is -2.76. The molecule has 25 heavy (non-hydrogen) atoms. The van der Waals surface area contributed by atoms with Crippen molar-refractivity contribution < 1.29 is 0 Å². The Balaban J connectivity index is 0.000000173. The predicted molar refractivity (Wildman–Crippen MR) is 101 cm³/mol. The minimum Gasteiger partial charge on any atom is -0.237 e. The number of aromatic nitrogens is 6. The lowest BCUT2D eigenvalue weighted by Gasteiger charge is -2.06. The van der Waals surface area contributed by atoms with Gasteiger partial charge in [0.05, 0.1) is 6.20 Å². The fourth-order valence-electron chi connectivity index (χ4n) is 2.60. The van der Waals surface area contributed by atoms with Crippen LogP contribution in [0.3, 0.4) is 0 Å². The highest BCUT2D eigenvalue weighted by Crippen LogP contribution is 2.17. The lowest BCUT2D eigenvalue weighted by molar-refractivity contribution is 0.749. The van der Waals surface area contributed by atoms with Crippen LogP contribution in [-0.4, -0.2) is 29.2 Å². The standard InChI is InChI=1S/2C9H11N3.CH4/c1-7(2)8-3-5-10-9-4-6-11-12(8)9;1-7(2)8-3-4-11-12-6-5-10-9(8)12;/h2*3-7H,1-2H3;1H4. The molecule has 0 N–H and O–H groups in total. The molecule has 0 amide bonds. The molecular formula is C19H26N6. The van der Waals surface area contributed by atoms with Crippen molar-refractivity contribution in [3.8, 4) is 0 Å². The number of rotatable bonds is 2. The molecule has 0 fully saturated rings. The SMILES string of the molecule is C.CC(C)c1ccnc2ccnn12.CC(C)c1ccnn2ccnc12. The van der Waals surface area contributed by atoms with Gasteiger partial charge in [-0.15, -0.1) is 0 Å². The average molecular weight is 338 g/mol. The number of imidazole rings is 1. The Morgan fingerprint density at radius 1 is 0.800 bits per heavy atom. The van der Waals surface area contributed by atoms with Gasteiger partial charge in [-0.25, -0.2) is 19.0 Å². The van der Waals surface area contributed by atoms with Crippen LogP contribution in [0.15, 0.2) is 49.2 Å². The lowest BCUT2D eigenvalue weighted by atomic mass is 10.1. The molecule has 132 valence electrons. The summed E-state index contributed by atoms with van der Waals surface area (Å²) in [7, 11) is 0. The molecule has 4 aromatic rings. The quantitative estimate of drug-likeness (QED) is 0.545. The first-order valence-electron chi connectivity index (χ1n) is 8.15. The third-order valence-electron chi connectivity index (χ3n) is 3.86. The number of nitrogens with zero attached hydrogens (tertiary/aromatic N) is 6. The van der Waals surface area contributed by atoms with Crippen LogP contribution in [-0.2, 0) is 0 Å². The second-order valence-corrected chi connectivity index (χ2v) is 6.26. The van der Waals surface area contributed by atoms with E-state index in [1.165, 1.54) is 11.3 Å². The highest BCUT2D eigenvalue weighted by molar-refractivity contribution is 5.47. The minimum absolute atomic E-state index is 0. The Morgan fingerprint density at radius 3 is 2.28 bits per heavy atom. The summed E-state index contributed by atoms with van der Waals surface area (Å²) < 4.78 is 3.68. The summed E-state index contributed by atoms with van der Waals surface area (Å²) in [5.74, 6) is 0.980. The number of fused-ring (bicyclic) bond motifs is 2. The molecule has 0 aliphatic rings. The summed E-state index contributed by atoms with van der Waals surface area (Å²) >= 11 is 0. The average Bonchev–Trinajstić information content (AvgIpc) is 3.23. The van der Waals surface area contributed by atoms with E-state index < -0.39 is 0 Å². The van der Waals surface area contributed by atoms with Gasteiger partial charge in [0.25, 0.3) is 0 Å². The second kappa shape index (κ2) is 7.88. The molecule has 0 bridgehead atoms. The third-order valence-corrected chi connectivity index (χ3v) is 3.86. The number of hydrogen-bond acceptors (Lipinski definition) is 4. The molecule has 4 heterocycles. The summed E-state index contributed by atoms with van der Waals surface area (Å²) in [6.45, 7) is 8.61. The van der Waals surface area contributed by atoms with Gasteiger partial charge in [0.15, 0.2) is 11.3 Å². The summed E-state index contributed by atoms with van der Waals surface area (Å²) in [5.41, 5.74) is 4.33. The molecular weight excluding hydrogens is 312 g/mol. The van der Waals surface area contributed by atoms with Gasteiger partial charge in [0.2, 0.25) is 0 Å². The molecule has 0 saturated heterocycles. The van der Waals surface area contributed by atoms with Gasteiger partial charge in [0.1, 0.15) is 0 Å². The first kappa shape index (κ1) is 18.6. The van der Waals surface area contributed by atoms with Crippen molar-refractivity contribution in [1.29, 1.82) is 0 Å². The maximum absolute atomic E-state index is 4.24. The maximum atomic E-state index is 4.24. The van der Waals surface area contributed by atoms with E-state index in [4.69, 9.17) is 0 Å². The van der Waals surface area contributed by atoms with Crippen molar-refractivity contribution in [2.45, 2.75) is 47.0 Å². The van der Waals surface area contributed by atoms with Crippen molar-refractivity contribution >= 4 is 11.3 Å². The zero-order valence-corrected chi connectivity index (χ0v) is 14.5. The van der Waals surface area contributed by atoms with E-state index in [0.717, 1.165) is 11.3 Å². The number of hydrogen-bond donors (Lipinski definition) is 0. The van der Waals surface area contributed by atoms with Crippen molar-refractivity contribution in [1.82, 2.24) is 29.2 Å². The molecule has 4 rings (SSSR count). The molecule has 4 aromatic heterocycles. The summed E-state index contributed by atoms with van der Waals surface area (Å²) in [4.78, 5) is 8.43. The third kappa shape index (κ3) is 3.84. The molecule has 6 nitrogen and oxygen atoms in total. The van der Waals surface area contributed by atoms with E-state index in [1.54, 1.807) is 16.9 Å². The molecule has 0 unspecified atom stereocenters. The maximum Gasteiger partial charge on any atom is 0.156 e. The fourth-order valence-corrected chi connectivity index (χ4v) is 2.60. The predicted octanol–water partition coefficient (Wildman–Crippen LogP) is 4.34. The van der Waals surface area contributed by atoms with Crippen molar-refractivity contribution in [2.75, 3.05) is 0 Å². The van der Waals surface area contributed by atoms with Crippen LogP contribution in [0.5, 0.6) is 0 Å². The second-order valence-electron chi connectivity index (χ2n) is 6.26. The summed E-state index contributed by atoms with van der Waals surface area (Å²) in [5, 5.41) is 8.33. The van der Waals surface area contributed by atoms with Gasteiger partial charge in [-0.1, -0.05) is 35.1 Å². The van der Waals surface area contributed by atoms with E-state index >= 15 is 0 Å². The molecule has 0 atom stereocenters. The van der Waals surface area contributed by atoms with Crippen LogP contribution in [0.25, 0.3) is 11.3 Å². The highest BCUT2D eigenvalue weighted by Gasteiger charge is 2.06.